The second kappa shape index (κ2) is 10.4. The SMILES string of the molecule is C=CC(=O)N1CCN(c2nc(=O)n3c4c(c(-c5ccc(F)cc5F)c(C(F)(F)F)cc24)SCC3COC2CC2)CC1. The highest BCUT2D eigenvalue weighted by Crippen LogP contribution is 2.50. The molecule has 41 heavy (non-hydrogen) atoms. The summed E-state index contributed by atoms with van der Waals surface area (Å²) in [5.41, 5.74) is -2.42. The van der Waals surface area contributed by atoms with E-state index in [1.165, 1.54) is 10.6 Å². The number of benzene rings is 2. The molecule has 1 amide bonds. The number of ether oxygens (including phenoxy) is 1. The Bertz CT molecular complexity index is 1610. The molecule has 7 nitrogen and oxygen atoms in total. The fourth-order valence-corrected chi connectivity index (χ4v) is 6.70. The Hall–Kier alpha value is -3.45. The predicted molar refractivity (Wildman–Crippen MR) is 144 cm³/mol. The zero-order chi connectivity index (χ0) is 29.1. The van der Waals surface area contributed by atoms with E-state index in [4.69, 9.17) is 4.74 Å². The van der Waals surface area contributed by atoms with E-state index in [9.17, 15) is 27.2 Å². The number of carbonyl (C=O) groups excluding carboxylic acids is 1. The number of aromatic nitrogens is 2. The molecular weight excluding hydrogens is 567 g/mol. The molecule has 13 heteroatoms. The van der Waals surface area contributed by atoms with Crippen LogP contribution in [0.1, 0.15) is 24.4 Å². The molecule has 1 saturated carbocycles. The zero-order valence-electron chi connectivity index (χ0n) is 21.7. The van der Waals surface area contributed by atoms with E-state index >= 15 is 4.39 Å². The van der Waals surface area contributed by atoms with Gasteiger partial charge in [-0.2, -0.15) is 18.2 Å². The minimum atomic E-state index is -4.90. The van der Waals surface area contributed by atoms with Crippen molar-refractivity contribution >= 4 is 34.4 Å². The van der Waals surface area contributed by atoms with Gasteiger partial charge in [0, 0.05) is 59.4 Å². The van der Waals surface area contributed by atoms with Gasteiger partial charge >= 0.3 is 11.9 Å². The largest absolute Gasteiger partial charge is 0.417 e. The van der Waals surface area contributed by atoms with Crippen molar-refractivity contribution in [1.29, 1.82) is 0 Å². The molecule has 0 spiro atoms. The highest BCUT2D eigenvalue weighted by molar-refractivity contribution is 7.99. The fraction of sp³-hybridized carbons (Fsp3) is 0.393. The minimum Gasteiger partial charge on any atom is -0.376 e. The quantitative estimate of drug-likeness (QED) is 0.296. The number of thioether (sulfide) groups is 1. The molecule has 1 aromatic heterocycles. The molecule has 1 aliphatic carbocycles. The van der Waals surface area contributed by atoms with Crippen molar-refractivity contribution in [2.24, 2.45) is 0 Å². The van der Waals surface area contributed by atoms with Gasteiger partial charge in [-0.25, -0.2) is 13.6 Å². The lowest BCUT2D eigenvalue weighted by Gasteiger charge is -2.37. The number of halogens is 5. The van der Waals surface area contributed by atoms with Crippen LogP contribution in [-0.4, -0.2) is 65.0 Å². The van der Waals surface area contributed by atoms with Gasteiger partial charge < -0.3 is 14.5 Å². The Labute approximate surface area is 235 Å². The Morgan fingerprint density at radius 2 is 1.88 bits per heavy atom. The van der Waals surface area contributed by atoms with Gasteiger partial charge in [-0.05, 0) is 37.1 Å². The molecule has 1 atom stereocenters. The molecule has 0 bridgehead atoms. The Kier molecular flexibility index (Phi) is 7.05. The van der Waals surface area contributed by atoms with E-state index in [1.54, 1.807) is 9.80 Å². The maximum Gasteiger partial charge on any atom is 0.417 e. The number of rotatable bonds is 6. The van der Waals surface area contributed by atoms with Crippen LogP contribution < -0.4 is 10.6 Å². The minimum absolute atomic E-state index is 0.0641. The Balaban J connectivity index is 1.59. The highest BCUT2D eigenvalue weighted by atomic mass is 32.2. The van der Waals surface area contributed by atoms with Crippen LogP contribution >= 0.6 is 11.8 Å². The third-order valence-electron chi connectivity index (χ3n) is 7.55. The molecule has 2 fully saturated rings. The lowest BCUT2D eigenvalue weighted by Crippen LogP contribution is -2.49. The van der Waals surface area contributed by atoms with Gasteiger partial charge in [0.1, 0.15) is 17.5 Å². The summed E-state index contributed by atoms with van der Waals surface area (Å²) in [5.74, 6) is -2.06. The first-order chi connectivity index (χ1) is 19.6. The molecule has 216 valence electrons. The number of hydrogen-bond acceptors (Lipinski definition) is 6. The van der Waals surface area contributed by atoms with Gasteiger partial charge in [0.05, 0.1) is 29.8 Å². The van der Waals surface area contributed by atoms with Gasteiger partial charge in [-0.1, -0.05) is 6.58 Å². The predicted octanol–water partition coefficient (Wildman–Crippen LogP) is 5.02. The van der Waals surface area contributed by atoms with Gasteiger partial charge in [0.25, 0.3) is 0 Å². The second-order valence-corrected chi connectivity index (χ2v) is 11.3. The molecule has 3 aromatic rings. The maximum absolute atomic E-state index is 15.0. The van der Waals surface area contributed by atoms with Crippen molar-refractivity contribution in [2.75, 3.05) is 43.4 Å². The molecule has 2 aliphatic heterocycles. The van der Waals surface area contributed by atoms with Crippen LogP contribution in [0.2, 0.25) is 0 Å². The van der Waals surface area contributed by atoms with Gasteiger partial charge in [-0.3, -0.25) is 9.36 Å². The Morgan fingerprint density at radius 1 is 1.15 bits per heavy atom. The highest BCUT2D eigenvalue weighted by Gasteiger charge is 2.40. The van der Waals surface area contributed by atoms with Crippen LogP contribution in [0.15, 0.2) is 46.6 Å². The van der Waals surface area contributed by atoms with E-state index in [-0.39, 0.29) is 72.2 Å². The van der Waals surface area contributed by atoms with Crippen LogP contribution in [0.3, 0.4) is 0 Å². The van der Waals surface area contributed by atoms with Gasteiger partial charge in [0.15, 0.2) is 0 Å². The molecule has 0 N–H and O–H groups in total. The van der Waals surface area contributed by atoms with E-state index in [2.05, 4.69) is 11.6 Å². The summed E-state index contributed by atoms with van der Waals surface area (Å²) >= 11 is 1.09. The van der Waals surface area contributed by atoms with Crippen LogP contribution in [0.25, 0.3) is 22.0 Å². The van der Waals surface area contributed by atoms with E-state index in [0.717, 1.165) is 42.8 Å². The summed E-state index contributed by atoms with van der Waals surface area (Å²) in [7, 11) is 0. The monoisotopic (exact) mass is 592 g/mol. The molecule has 1 saturated heterocycles. The molecule has 0 radical (unpaired) electrons. The van der Waals surface area contributed by atoms with Crippen molar-refractivity contribution in [1.82, 2.24) is 14.5 Å². The van der Waals surface area contributed by atoms with Crippen LogP contribution in [0.5, 0.6) is 0 Å². The molecule has 6 rings (SSSR count). The number of alkyl halides is 3. The van der Waals surface area contributed by atoms with Crippen molar-refractivity contribution in [3.63, 3.8) is 0 Å². The maximum atomic E-state index is 15.0. The summed E-state index contributed by atoms with van der Waals surface area (Å²) in [4.78, 5) is 33.2. The smallest absolute Gasteiger partial charge is 0.376 e. The van der Waals surface area contributed by atoms with Crippen molar-refractivity contribution in [3.05, 3.63) is 64.6 Å². The van der Waals surface area contributed by atoms with E-state index in [1.807, 2.05) is 0 Å². The number of nitrogens with zero attached hydrogens (tertiary/aromatic N) is 4. The number of hydrogen-bond donors (Lipinski definition) is 0. The average Bonchev–Trinajstić information content (AvgIpc) is 3.77. The van der Waals surface area contributed by atoms with Gasteiger partial charge in [0.2, 0.25) is 5.91 Å². The summed E-state index contributed by atoms with van der Waals surface area (Å²) in [5, 5.41) is 0.0883. The number of carbonyl (C=O) groups is 1. The average molecular weight is 593 g/mol. The normalized spacial score (nSPS) is 19.1. The molecule has 3 aliphatic rings. The Morgan fingerprint density at radius 3 is 2.51 bits per heavy atom. The molecule has 2 aromatic carbocycles. The van der Waals surface area contributed by atoms with Crippen molar-refractivity contribution < 1.29 is 31.5 Å². The first kappa shape index (κ1) is 27.7. The first-order valence-electron chi connectivity index (χ1n) is 13.1. The van der Waals surface area contributed by atoms with E-state index in [0.29, 0.717) is 6.07 Å². The fourth-order valence-electron chi connectivity index (χ4n) is 5.39. The topological polar surface area (TPSA) is 67.7 Å². The first-order valence-corrected chi connectivity index (χ1v) is 14.1. The second-order valence-electron chi connectivity index (χ2n) is 10.2. The molecular formula is C28H25F5N4O3S. The summed E-state index contributed by atoms with van der Waals surface area (Å²) in [6.45, 7) is 4.66. The summed E-state index contributed by atoms with van der Waals surface area (Å²) < 4.78 is 80.0. The number of piperazine rings is 1. The number of amides is 1. The van der Waals surface area contributed by atoms with Gasteiger partial charge in [-0.15, -0.1) is 11.8 Å². The third kappa shape index (κ3) is 5.09. The third-order valence-corrected chi connectivity index (χ3v) is 8.79. The molecule has 1 unspecified atom stereocenters. The zero-order valence-corrected chi connectivity index (χ0v) is 22.5. The van der Waals surface area contributed by atoms with E-state index < -0.39 is 46.2 Å². The lowest BCUT2D eigenvalue weighted by molar-refractivity contribution is -0.137. The van der Waals surface area contributed by atoms with Crippen LogP contribution in [0, 0.1) is 11.6 Å². The lowest BCUT2D eigenvalue weighted by atomic mass is 9.95. The van der Waals surface area contributed by atoms with Crippen molar-refractivity contribution in [3.8, 4) is 11.1 Å². The van der Waals surface area contributed by atoms with Crippen LogP contribution in [-0.2, 0) is 15.7 Å². The summed E-state index contributed by atoms with van der Waals surface area (Å²) in [6.07, 6.45) is -1.82. The standard InChI is InChI=1S/C28H25F5N4O3S/c1-2-22(38)35-7-9-36(10-8-35)26-19-12-20(28(31,32)33)23(18-6-3-15(29)11-21(18)30)25-24(19)37(27(39)34-26)16(14-41-25)13-40-17-4-5-17/h2-3,6,11-12,16-17H,1,4-5,7-10,13-14H2. The number of anilines is 1. The van der Waals surface area contributed by atoms with Crippen LogP contribution in [0.4, 0.5) is 27.8 Å². The van der Waals surface area contributed by atoms with Crippen molar-refractivity contribution in [2.45, 2.75) is 36.1 Å². The molecule has 3 heterocycles. The summed E-state index contributed by atoms with van der Waals surface area (Å²) in [6, 6.07) is 2.84.